The van der Waals surface area contributed by atoms with Gasteiger partial charge in [0, 0.05) is 16.5 Å². The minimum absolute atomic E-state index is 0.165. The SMILES string of the molecule is CCCCCC1C[C@H](O)c2ccc(Br)cc2O1. The predicted molar refractivity (Wildman–Crippen MR) is 72.3 cm³/mol. The van der Waals surface area contributed by atoms with Gasteiger partial charge in [0.25, 0.3) is 0 Å². The molecule has 94 valence electrons. The third kappa shape index (κ3) is 3.23. The number of halogens is 1. The minimum atomic E-state index is -0.376. The van der Waals surface area contributed by atoms with Crippen LogP contribution in [0.2, 0.25) is 0 Å². The zero-order valence-corrected chi connectivity index (χ0v) is 11.7. The number of ether oxygens (including phenoxy) is 1. The van der Waals surface area contributed by atoms with Crippen molar-refractivity contribution in [2.45, 2.75) is 51.2 Å². The number of benzene rings is 1. The van der Waals surface area contributed by atoms with Gasteiger partial charge in [-0.15, -0.1) is 0 Å². The number of hydrogen-bond donors (Lipinski definition) is 1. The molecule has 0 saturated heterocycles. The van der Waals surface area contributed by atoms with Crippen LogP contribution in [0.15, 0.2) is 22.7 Å². The minimum Gasteiger partial charge on any atom is -0.490 e. The van der Waals surface area contributed by atoms with Crippen LogP contribution >= 0.6 is 15.9 Å². The Balaban J connectivity index is 2.04. The highest BCUT2D eigenvalue weighted by Gasteiger charge is 2.26. The van der Waals surface area contributed by atoms with Crippen molar-refractivity contribution in [3.05, 3.63) is 28.2 Å². The molecule has 1 N–H and O–H groups in total. The monoisotopic (exact) mass is 298 g/mol. The predicted octanol–water partition coefficient (Wildman–Crippen LogP) is 4.21. The highest BCUT2D eigenvalue weighted by Crippen LogP contribution is 2.37. The van der Waals surface area contributed by atoms with Crippen LogP contribution in [0.3, 0.4) is 0 Å². The summed E-state index contributed by atoms with van der Waals surface area (Å²) in [6.07, 6.45) is 5.18. The van der Waals surface area contributed by atoms with Crippen LogP contribution in [0.1, 0.15) is 50.7 Å². The molecule has 17 heavy (non-hydrogen) atoms. The molecule has 0 amide bonds. The Kier molecular flexibility index (Phi) is 4.46. The summed E-state index contributed by atoms with van der Waals surface area (Å²) in [4.78, 5) is 0. The van der Waals surface area contributed by atoms with Gasteiger partial charge in [-0.1, -0.05) is 41.8 Å². The molecule has 0 aromatic heterocycles. The molecule has 1 heterocycles. The van der Waals surface area contributed by atoms with Crippen LogP contribution in [0, 0.1) is 0 Å². The lowest BCUT2D eigenvalue weighted by Gasteiger charge is -2.29. The van der Waals surface area contributed by atoms with Crippen molar-refractivity contribution in [2.24, 2.45) is 0 Å². The Morgan fingerprint density at radius 1 is 1.41 bits per heavy atom. The summed E-state index contributed by atoms with van der Waals surface area (Å²) in [7, 11) is 0. The molecular formula is C14H19BrO2. The summed E-state index contributed by atoms with van der Waals surface area (Å²) in [6.45, 7) is 2.20. The van der Waals surface area contributed by atoms with E-state index in [1.165, 1.54) is 19.3 Å². The van der Waals surface area contributed by atoms with Crippen molar-refractivity contribution in [3.63, 3.8) is 0 Å². The van der Waals surface area contributed by atoms with Crippen molar-refractivity contribution in [2.75, 3.05) is 0 Å². The Hall–Kier alpha value is -0.540. The van der Waals surface area contributed by atoms with Gasteiger partial charge in [0.2, 0.25) is 0 Å². The van der Waals surface area contributed by atoms with Gasteiger partial charge in [-0.2, -0.15) is 0 Å². The van der Waals surface area contributed by atoms with Crippen molar-refractivity contribution in [1.82, 2.24) is 0 Å². The smallest absolute Gasteiger partial charge is 0.126 e. The molecule has 1 aliphatic rings. The average molecular weight is 299 g/mol. The van der Waals surface area contributed by atoms with Crippen molar-refractivity contribution >= 4 is 15.9 Å². The molecular weight excluding hydrogens is 280 g/mol. The van der Waals surface area contributed by atoms with E-state index in [1.807, 2.05) is 18.2 Å². The van der Waals surface area contributed by atoms with E-state index in [2.05, 4.69) is 22.9 Å². The molecule has 1 unspecified atom stereocenters. The first-order valence-corrected chi connectivity index (χ1v) is 7.14. The normalized spacial score (nSPS) is 23.0. The molecule has 0 fully saturated rings. The zero-order chi connectivity index (χ0) is 12.3. The number of unbranched alkanes of at least 4 members (excludes halogenated alkanes) is 2. The number of aliphatic hydroxyl groups is 1. The fourth-order valence-electron chi connectivity index (χ4n) is 2.29. The molecule has 0 aliphatic carbocycles. The Labute approximate surface area is 111 Å². The number of hydrogen-bond acceptors (Lipinski definition) is 2. The van der Waals surface area contributed by atoms with Crippen LogP contribution in [0.25, 0.3) is 0 Å². The molecule has 0 radical (unpaired) electrons. The van der Waals surface area contributed by atoms with Gasteiger partial charge in [-0.05, 0) is 25.0 Å². The Bertz CT molecular complexity index is 378. The lowest BCUT2D eigenvalue weighted by molar-refractivity contribution is 0.0605. The van der Waals surface area contributed by atoms with Crippen LogP contribution in [0.5, 0.6) is 5.75 Å². The van der Waals surface area contributed by atoms with Crippen LogP contribution in [-0.2, 0) is 0 Å². The first-order chi connectivity index (χ1) is 8.20. The van der Waals surface area contributed by atoms with E-state index in [4.69, 9.17) is 4.74 Å². The van der Waals surface area contributed by atoms with Crippen molar-refractivity contribution in [3.8, 4) is 5.75 Å². The van der Waals surface area contributed by atoms with Crippen LogP contribution < -0.4 is 4.74 Å². The van der Waals surface area contributed by atoms with E-state index in [0.717, 1.165) is 28.6 Å². The molecule has 2 rings (SSSR count). The Morgan fingerprint density at radius 2 is 2.24 bits per heavy atom. The third-order valence-electron chi connectivity index (χ3n) is 3.24. The van der Waals surface area contributed by atoms with Crippen LogP contribution in [0.4, 0.5) is 0 Å². The molecule has 0 saturated carbocycles. The molecule has 0 spiro atoms. The summed E-state index contributed by atoms with van der Waals surface area (Å²) in [5.74, 6) is 0.833. The summed E-state index contributed by atoms with van der Waals surface area (Å²) < 4.78 is 6.94. The van der Waals surface area contributed by atoms with Crippen LogP contribution in [-0.4, -0.2) is 11.2 Å². The van der Waals surface area contributed by atoms with Gasteiger partial charge in [0.15, 0.2) is 0 Å². The van der Waals surface area contributed by atoms with Gasteiger partial charge >= 0.3 is 0 Å². The van der Waals surface area contributed by atoms with E-state index in [1.54, 1.807) is 0 Å². The fourth-order valence-corrected chi connectivity index (χ4v) is 2.63. The second-order valence-electron chi connectivity index (χ2n) is 4.67. The van der Waals surface area contributed by atoms with E-state index >= 15 is 0 Å². The lowest BCUT2D eigenvalue weighted by Crippen LogP contribution is -2.25. The first kappa shape index (κ1) is 12.9. The van der Waals surface area contributed by atoms with Gasteiger partial charge < -0.3 is 9.84 Å². The second-order valence-corrected chi connectivity index (χ2v) is 5.58. The van der Waals surface area contributed by atoms with E-state index < -0.39 is 0 Å². The molecule has 0 bridgehead atoms. The second kappa shape index (κ2) is 5.87. The highest BCUT2D eigenvalue weighted by molar-refractivity contribution is 9.10. The number of rotatable bonds is 4. The molecule has 1 aliphatic heterocycles. The first-order valence-electron chi connectivity index (χ1n) is 6.35. The lowest BCUT2D eigenvalue weighted by atomic mass is 9.96. The topological polar surface area (TPSA) is 29.5 Å². The largest absolute Gasteiger partial charge is 0.490 e. The standard InChI is InChI=1S/C14H19BrO2/c1-2-3-4-5-11-9-13(16)12-7-6-10(15)8-14(12)17-11/h6-8,11,13,16H,2-5,9H2,1H3/t11?,13-/m0/s1. The third-order valence-corrected chi connectivity index (χ3v) is 3.74. The van der Waals surface area contributed by atoms with Gasteiger partial charge in [0.1, 0.15) is 11.9 Å². The summed E-state index contributed by atoms with van der Waals surface area (Å²) in [6, 6.07) is 5.83. The van der Waals surface area contributed by atoms with E-state index in [0.29, 0.717) is 0 Å². The number of fused-ring (bicyclic) bond motifs is 1. The zero-order valence-electron chi connectivity index (χ0n) is 10.2. The van der Waals surface area contributed by atoms with Gasteiger partial charge in [0.05, 0.1) is 6.10 Å². The van der Waals surface area contributed by atoms with E-state index in [9.17, 15) is 5.11 Å². The Morgan fingerprint density at radius 3 is 3.00 bits per heavy atom. The molecule has 1 aromatic carbocycles. The summed E-state index contributed by atoms with van der Waals surface area (Å²) in [5, 5.41) is 10.1. The quantitative estimate of drug-likeness (QED) is 0.844. The molecule has 2 nitrogen and oxygen atoms in total. The van der Waals surface area contributed by atoms with E-state index in [-0.39, 0.29) is 12.2 Å². The number of aliphatic hydroxyl groups excluding tert-OH is 1. The van der Waals surface area contributed by atoms with Crippen molar-refractivity contribution < 1.29 is 9.84 Å². The molecule has 3 heteroatoms. The fraction of sp³-hybridized carbons (Fsp3) is 0.571. The molecule has 2 atom stereocenters. The summed E-state index contributed by atoms with van der Waals surface area (Å²) in [5.41, 5.74) is 0.917. The highest BCUT2D eigenvalue weighted by atomic mass is 79.9. The average Bonchev–Trinajstić information content (AvgIpc) is 2.28. The van der Waals surface area contributed by atoms with Gasteiger partial charge in [-0.3, -0.25) is 0 Å². The maximum absolute atomic E-state index is 10.1. The van der Waals surface area contributed by atoms with Crippen molar-refractivity contribution in [1.29, 1.82) is 0 Å². The maximum Gasteiger partial charge on any atom is 0.126 e. The molecule has 1 aromatic rings. The van der Waals surface area contributed by atoms with Gasteiger partial charge in [-0.25, -0.2) is 0 Å². The maximum atomic E-state index is 10.1. The summed E-state index contributed by atoms with van der Waals surface area (Å²) >= 11 is 3.43.